The second-order valence-electron chi connectivity index (χ2n) is 6.38. The van der Waals surface area contributed by atoms with Crippen LogP contribution in [0.1, 0.15) is 24.2 Å². The lowest BCUT2D eigenvalue weighted by Crippen LogP contribution is -2.28. The zero-order valence-corrected chi connectivity index (χ0v) is 15.7. The molecule has 0 aliphatic heterocycles. The number of methoxy groups -OCH3 is 1. The molecule has 0 atom stereocenters. The van der Waals surface area contributed by atoms with Gasteiger partial charge in [0.1, 0.15) is 18.5 Å². The first-order valence-corrected chi connectivity index (χ1v) is 9.05. The third-order valence-electron chi connectivity index (χ3n) is 4.56. The molecule has 2 heterocycles. The van der Waals surface area contributed by atoms with Crippen molar-refractivity contribution >= 4 is 22.8 Å². The van der Waals surface area contributed by atoms with Gasteiger partial charge < -0.3 is 15.3 Å². The molecule has 140 valence electrons. The van der Waals surface area contributed by atoms with E-state index < -0.39 is 0 Å². The van der Waals surface area contributed by atoms with E-state index in [1.54, 1.807) is 7.11 Å². The Labute approximate surface area is 159 Å². The predicted molar refractivity (Wildman–Crippen MR) is 107 cm³/mol. The third-order valence-corrected chi connectivity index (χ3v) is 4.56. The maximum atomic E-state index is 8.74. The summed E-state index contributed by atoms with van der Waals surface area (Å²) in [6.07, 6.45) is 6.29. The summed E-state index contributed by atoms with van der Waals surface area (Å²) in [5, 5.41) is 16.6. The fraction of sp³-hybridized carbons (Fsp3) is 0.286. The van der Waals surface area contributed by atoms with E-state index >= 15 is 0 Å². The Bertz CT molecular complexity index is 941. The van der Waals surface area contributed by atoms with Crippen molar-refractivity contribution < 1.29 is 14.5 Å². The molecule has 0 aliphatic carbocycles. The molecule has 0 radical (unpaired) electrons. The van der Waals surface area contributed by atoms with E-state index in [9.17, 15) is 0 Å². The van der Waals surface area contributed by atoms with Gasteiger partial charge in [0.15, 0.2) is 6.20 Å². The van der Waals surface area contributed by atoms with Gasteiger partial charge in [-0.2, -0.15) is 0 Å². The van der Waals surface area contributed by atoms with Crippen molar-refractivity contribution in [3.63, 3.8) is 0 Å². The number of pyridine rings is 2. The van der Waals surface area contributed by atoms with E-state index in [1.165, 1.54) is 17.1 Å². The summed E-state index contributed by atoms with van der Waals surface area (Å²) in [5.41, 5.74) is 3.87. The summed E-state index contributed by atoms with van der Waals surface area (Å²) < 4.78 is 7.34. The maximum absolute atomic E-state index is 8.74. The lowest BCUT2D eigenvalue weighted by molar-refractivity contribution is -0.644. The molecular weight excluding hydrogens is 340 g/mol. The average molecular weight is 365 g/mol. The molecule has 6 heteroatoms. The monoisotopic (exact) mass is 365 g/mol. The van der Waals surface area contributed by atoms with Crippen molar-refractivity contribution in [3.8, 4) is 5.75 Å². The van der Waals surface area contributed by atoms with Gasteiger partial charge in [-0.15, -0.1) is 0 Å². The molecule has 0 saturated carbocycles. The fourth-order valence-corrected chi connectivity index (χ4v) is 3.14. The summed E-state index contributed by atoms with van der Waals surface area (Å²) in [7, 11) is 3.63. The summed E-state index contributed by atoms with van der Waals surface area (Å²) in [6.45, 7) is 0.902. The quantitative estimate of drug-likeness (QED) is 0.211. The van der Waals surface area contributed by atoms with E-state index in [-0.39, 0.29) is 0 Å². The topological polar surface area (TPSA) is 70.6 Å². The van der Waals surface area contributed by atoms with Gasteiger partial charge in [-0.05, 0) is 37.5 Å². The van der Waals surface area contributed by atoms with Crippen LogP contribution in [0, 0.1) is 0 Å². The first kappa shape index (κ1) is 18.6. The summed E-state index contributed by atoms with van der Waals surface area (Å²) >= 11 is 0. The number of hydrogen-bond acceptors (Lipinski definition) is 5. The van der Waals surface area contributed by atoms with Gasteiger partial charge >= 0.3 is 0 Å². The fourth-order valence-electron chi connectivity index (χ4n) is 3.14. The number of aryl methyl sites for hydroxylation is 2. The van der Waals surface area contributed by atoms with Crippen molar-refractivity contribution in [2.45, 2.75) is 19.3 Å². The number of benzene rings is 1. The molecule has 6 nitrogen and oxygen atoms in total. The van der Waals surface area contributed by atoms with Crippen LogP contribution in [0.15, 0.2) is 53.8 Å². The van der Waals surface area contributed by atoms with Crippen molar-refractivity contribution in [2.75, 3.05) is 19.0 Å². The highest BCUT2D eigenvalue weighted by atomic mass is 16.5. The van der Waals surface area contributed by atoms with Gasteiger partial charge in [-0.25, -0.2) is 9.55 Å². The Kier molecular flexibility index (Phi) is 6.20. The van der Waals surface area contributed by atoms with E-state index in [0.29, 0.717) is 11.4 Å². The van der Waals surface area contributed by atoms with Crippen LogP contribution >= 0.6 is 0 Å². The summed E-state index contributed by atoms with van der Waals surface area (Å²) in [6, 6.07) is 14.3. The van der Waals surface area contributed by atoms with Crippen LogP contribution in [0.2, 0.25) is 0 Å². The van der Waals surface area contributed by atoms with Crippen LogP contribution < -0.4 is 14.6 Å². The molecule has 3 rings (SSSR count). The van der Waals surface area contributed by atoms with Crippen molar-refractivity contribution in [1.29, 1.82) is 0 Å². The van der Waals surface area contributed by atoms with E-state index in [4.69, 9.17) is 9.94 Å². The molecule has 27 heavy (non-hydrogen) atoms. The second-order valence-corrected chi connectivity index (χ2v) is 6.38. The third kappa shape index (κ3) is 4.53. The van der Waals surface area contributed by atoms with Crippen LogP contribution in [0.4, 0.5) is 5.69 Å². The van der Waals surface area contributed by atoms with Gasteiger partial charge in [0.2, 0.25) is 5.52 Å². The number of nitrogens with zero attached hydrogens (tertiary/aromatic N) is 3. The van der Waals surface area contributed by atoms with Crippen molar-refractivity contribution in [1.82, 2.24) is 4.98 Å². The van der Waals surface area contributed by atoms with Gasteiger partial charge in [-0.3, -0.25) is 0 Å². The largest absolute Gasteiger partial charge is 0.494 e. The van der Waals surface area contributed by atoms with Gasteiger partial charge in [0.05, 0.1) is 24.4 Å². The minimum absolute atomic E-state index is 0.541. The Morgan fingerprint density at radius 3 is 2.85 bits per heavy atom. The molecule has 0 bridgehead atoms. The number of anilines is 1. The zero-order chi connectivity index (χ0) is 19.1. The van der Waals surface area contributed by atoms with E-state index in [0.717, 1.165) is 37.2 Å². The van der Waals surface area contributed by atoms with Crippen LogP contribution in [0.5, 0.6) is 5.75 Å². The van der Waals surface area contributed by atoms with Crippen LogP contribution in [0.25, 0.3) is 10.9 Å². The minimum Gasteiger partial charge on any atom is -0.494 e. The molecule has 0 unspecified atom stereocenters. The number of unbranched alkanes of at least 4 members (excludes halogenated alkanes) is 1. The number of hydrogen-bond donors (Lipinski definition) is 2. The number of fused-ring (bicyclic) bond motifs is 1. The lowest BCUT2D eigenvalue weighted by Gasteiger charge is -2.09. The Morgan fingerprint density at radius 2 is 2.04 bits per heavy atom. The Hall–Kier alpha value is -3.15. The molecule has 0 aliphatic rings. The maximum Gasteiger partial charge on any atom is 0.214 e. The highest BCUT2D eigenvalue weighted by molar-refractivity contribution is 5.88. The zero-order valence-electron chi connectivity index (χ0n) is 15.7. The standard InChI is InChI=1S/C21H24N4O2/c1-25-14-12-18(17-8-3-4-9-20(17)25)22-13-6-5-7-16-10-11-21(27-2)19(24-16)15-23-26/h3-4,8-12,14-15H,5-7,13H2,1-2H3,(H,24,26)/p+1. The number of aromatic nitrogens is 2. The Morgan fingerprint density at radius 1 is 1.19 bits per heavy atom. The molecule has 0 fully saturated rings. The van der Waals surface area contributed by atoms with Gasteiger partial charge in [0.25, 0.3) is 0 Å². The molecule has 0 saturated heterocycles. The molecule has 0 amide bonds. The van der Waals surface area contributed by atoms with Crippen LogP contribution in [-0.2, 0) is 13.5 Å². The van der Waals surface area contributed by atoms with Crippen LogP contribution in [-0.4, -0.2) is 30.1 Å². The average Bonchev–Trinajstić information content (AvgIpc) is 2.70. The molecule has 3 aromatic rings. The van der Waals surface area contributed by atoms with Crippen molar-refractivity contribution in [2.24, 2.45) is 12.2 Å². The number of rotatable bonds is 8. The summed E-state index contributed by atoms with van der Waals surface area (Å²) in [4.78, 5) is 4.48. The number of oxime groups is 1. The summed E-state index contributed by atoms with van der Waals surface area (Å²) in [5.74, 6) is 0.599. The lowest BCUT2D eigenvalue weighted by atomic mass is 10.1. The predicted octanol–water partition coefficient (Wildman–Crippen LogP) is 3.31. The van der Waals surface area contributed by atoms with E-state index in [1.807, 2.05) is 12.1 Å². The number of para-hydroxylation sites is 1. The molecule has 2 aromatic heterocycles. The number of ether oxygens (including phenoxy) is 1. The highest BCUT2D eigenvalue weighted by Gasteiger charge is 2.08. The highest BCUT2D eigenvalue weighted by Crippen LogP contribution is 2.20. The van der Waals surface area contributed by atoms with E-state index in [2.05, 4.69) is 63.6 Å². The molecule has 1 aromatic carbocycles. The Balaban J connectivity index is 1.54. The van der Waals surface area contributed by atoms with Crippen LogP contribution in [0.3, 0.4) is 0 Å². The minimum atomic E-state index is 0.541. The smallest absolute Gasteiger partial charge is 0.214 e. The second kappa shape index (κ2) is 8.98. The normalized spacial score (nSPS) is 11.2. The molecule has 2 N–H and O–H groups in total. The first-order chi connectivity index (χ1) is 13.2. The first-order valence-electron chi connectivity index (χ1n) is 9.05. The molecular formula is C21H25N4O2+. The number of nitrogens with one attached hydrogen (secondary N) is 1. The van der Waals surface area contributed by atoms with Gasteiger partial charge in [-0.1, -0.05) is 17.3 Å². The molecule has 0 spiro atoms. The van der Waals surface area contributed by atoms with Crippen molar-refractivity contribution in [3.05, 3.63) is 60.0 Å². The SMILES string of the molecule is COc1ccc(CCCCNc2cc[n+](C)c3ccccc23)nc1/C=N/O. The van der Waals surface area contributed by atoms with Gasteiger partial charge in [0, 0.05) is 24.4 Å².